The molecule has 0 radical (unpaired) electrons. The first-order valence-electron chi connectivity index (χ1n) is 7.96. The number of aryl methyl sites for hydroxylation is 1. The lowest BCUT2D eigenvalue weighted by molar-refractivity contribution is 0.00695. The third kappa shape index (κ3) is 5.19. The number of rotatable bonds is 4. The van der Waals surface area contributed by atoms with Crippen LogP contribution < -0.4 is 5.56 Å². The van der Waals surface area contributed by atoms with E-state index in [4.69, 9.17) is 16.3 Å². The highest BCUT2D eigenvalue weighted by Crippen LogP contribution is 2.18. The molecule has 0 amide bonds. The molecule has 0 N–H and O–H groups in total. The molecular weight excluding hydrogens is 406 g/mol. The molecule has 25 heavy (non-hydrogen) atoms. The highest BCUT2D eigenvalue weighted by atomic mass is 79.9. The Morgan fingerprint density at radius 3 is 2.40 bits per heavy atom. The maximum absolute atomic E-state index is 12.2. The van der Waals surface area contributed by atoms with E-state index in [1.165, 1.54) is 0 Å². The van der Waals surface area contributed by atoms with Gasteiger partial charge in [-0.25, -0.2) is 4.79 Å². The second-order valence-corrected chi connectivity index (χ2v) is 8.09. The number of hydrogen-bond donors (Lipinski definition) is 0. The van der Waals surface area contributed by atoms with Crippen molar-refractivity contribution in [3.8, 4) is 0 Å². The Kier molecular flexibility index (Phi) is 6.12. The molecule has 0 saturated heterocycles. The Morgan fingerprint density at radius 1 is 1.24 bits per heavy atom. The van der Waals surface area contributed by atoms with E-state index in [0.717, 1.165) is 15.7 Å². The normalized spacial score (nSPS) is 11.4. The molecule has 134 valence electrons. The van der Waals surface area contributed by atoms with Gasteiger partial charge in [-0.15, -0.1) is 0 Å². The number of aromatic nitrogens is 1. The van der Waals surface area contributed by atoms with E-state index in [1.807, 2.05) is 39.8 Å². The van der Waals surface area contributed by atoms with Crippen molar-refractivity contribution in [2.24, 2.45) is 0 Å². The largest absolute Gasteiger partial charge is 0.456 e. The summed E-state index contributed by atoms with van der Waals surface area (Å²) < 4.78 is 7.80. The van der Waals surface area contributed by atoms with Gasteiger partial charge in [0.2, 0.25) is 0 Å². The van der Waals surface area contributed by atoms with Crippen LogP contribution in [0.2, 0.25) is 5.02 Å². The van der Waals surface area contributed by atoms with Gasteiger partial charge in [-0.2, -0.15) is 0 Å². The summed E-state index contributed by atoms with van der Waals surface area (Å²) in [6.45, 7) is 7.89. The predicted octanol–water partition coefficient (Wildman–Crippen LogP) is 4.77. The lowest BCUT2D eigenvalue weighted by Gasteiger charge is -2.19. The molecule has 1 aromatic carbocycles. The van der Waals surface area contributed by atoms with Crippen LogP contribution in [-0.2, 0) is 17.7 Å². The summed E-state index contributed by atoms with van der Waals surface area (Å²) in [6.07, 6.45) is 0.655. The van der Waals surface area contributed by atoms with E-state index in [2.05, 4.69) is 15.9 Å². The molecule has 4 nitrogen and oxygen atoms in total. The summed E-state index contributed by atoms with van der Waals surface area (Å²) in [5, 5.41) is 0.192. The van der Waals surface area contributed by atoms with Gasteiger partial charge in [0.1, 0.15) is 10.6 Å². The number of carbonyl (C=O) groups is 1. The molecule has 0 atom stereocenters. The van der Waals surface area contributed by atoms with Crippen LogP contribution in [0.4, 0.5) is 0 Å². The molecule has 2 aromatic rings. The molecule has 0 aliphatic carbocycles. The van der Waals surface area contributed by atoms with Gasteiger partial charge in [-0.1, -0.05) is 23.7 Å². The summed E-state index contributed by atoms with van der Waals surface area (Å²) in [5.74, 6) is -0.343. The lowest BCUT2D eigenvalue weighted by Crippen LogP contribution is -2.24. The third-order valence-electron chi connectivity index (χ3n) is 3.67. The quantitative estimate of drug-likeness (QED) is 0.662. The molecule has 0 aliphatic heterocycles. The van der Waals surface area contributed by atoms with Gasteiger partial charge in [0.15, 0.2) is 0 Å². The zero-order chi connectivity index (χ0) is 18.8. The van der Waals surface area contributed by atoms with Crippen molar-refractivity contribution in [3.05, 3.63) is 67.0 Å². The fourth-order valence-corrected chi connectivity index (χ4v) is 3.13. The number of pyridine rings is 1. The molecule has 0 spiro atoms. The maximum atomic E-state index is 12.2. The fourth-order valence-electron chi connectivity index (χ4n) is 2.34. The van der Waals surface area contributed by atoms with Crippen LogP contribution in [0, 0.1) is 6.92 Å². The molecule has 0 bridgehead atoms. The van der Waals surface area contributed by atoms with Gasteiger partial charge in [0.05, 0.1) is 5.56 Å². The van der Waals surface area contributed by atoms with Crippen molar-refractivity contribution in [2.45, 2.75) is 46.3 Å². The summed E-state index contributed by atoms with van der Waals surface area (Å²) in [6, 6.07) is 8.85. The minimum absolute atomic E-state index is 0.192. The molecule has 6 heteroatoms. The molecule has 1 aromatic heterocycles. The van der Waals surface area contributed by atoms with Gasteiger partial charge < -0.3 is 9.30 Å². The smallest absolute Gasteiger partial charge is 0.338 e. The summed E-state index contributed by atoms with van der Waals surface area (Å²) in [7, 11) is 0. The molecule has 2 rings (SSSR count). The molecule has 0 aliphatic rings. The van der Waals surface area contributed by atoms with Crippen LogP contribution in [0.5, 0.6) is 0 Å². The predicted molar refractivity (Wildman–Crippen MR) is 103 cm³/mol. The average Bonchev–Trinajstić information content (AvgIpc) is 2.52. The highest BCUT2D eigenvalue weighted by molar-refractivity contribution is 9.10. The van der Waals surface area contributed by atoms with Crippen LogP contribution in [0.3, 0.4) is 0 Å². The molecular formula is C19H21BrClNO3. The third-order valence-corrected chi connectivity index (χ3v) is 4.74. The first-order chi connectivity index (χ1) is 11.6. The van der Waals surface area contributed by atoms with Crippen molar-refractivity contribution in [2.75, 3.05) is 0 Å². The van der Waals surface area contributed by atoms with Crippen molar-refractivity contribution in [1.29, 1.82) is 0 Å². The van der Waals surface area contributed by atoms with Gasteiger partial charge in [-0.05, 0) is 73.8 Å². The van der Waals surface area contributed by atoms with Crippen molar-refractivity contribution < 1.29 is 9.53 Å². The van der Waals surface area contributed by atoms with Crippen LogP contribution >= 0.6 is 27.5 Å². The zero-order valence-electron chi connectivity index (χ0n) is 14.7. The minimum Gasteiger partial charge on any atom is -0.456 e. The summed E-state index contributed by atoms with van der Waals surface area (Å²) in [5.41, 5.74) is 1.65. The molecule has 0 saturated carbocycles. The minimum atomic E-state index is -0.519. The Bertz CT molecular complexity index is 835. The number of carbonyl (C=O) groups excluding carboxylic acids is 1. The first kappa shape index (κ1) is 19.7. The van der Waals surface area contributed by atoms with E-state index < -0.39 is 5.60 Å². The molecule has 0 fully saturated rings. The van der Waals surface area contributed by atoms with Gasteiger partial charge in [-0.3, -0.25) is 4.79 Å². The Hall–Kier alpha value is -1.59. The standard InChI is InChI=1S/C19H21BrClNO3/c1-12-15(20)11-16(21)17(23)22(12)10-9-13-5-7-14(8-6-13)18(24)25-19(2,3)4/h5-8,11H,9-10H2,1-4H3. The number of halogens is 2. The van der Waals surface area contributed by atoms with E-state index in [-0.39, 0.29) is 16.6 Å². The monoisotopic (exact) mass is 425 g/mol. The van der Waals surface area contributed by atoms with Crippen molar-refractivity contribution in [3.63, 3.8) is 0 Å². The average molecular weight is 427 g/mol. The van der Waals surface area contributed by atoms with E-state index in [1.54, 1.807) is 22.8 Å². The van der Waals surface area contributed by atoms with Crippen LogP contribution in [0.1, 0.15) is 42.4 Å². The molecule has 1 heterocycles. The Labute approximate surface area is 160 Å². The Morgan fingerprint density at radius 2 is 1.84 bits per heavy atom. The van der Waals surface area contributed by atoms with E-state index in [9.17, 15) is 9.59 Å². The number of esters is 1. The second-order valence-electron chi connectivity index (χ2n) is 6.83. The van der Waals surface area contributed by atoms with Gasteiger partial charge >= 0.3 is 5.97 Å². The topological polar surface area (TPSA) is 48.3 Å². The number of nitrogens with zero attached hydrogens (tertiary/aromatic N) is 1. The summed E-state index contributed by atoms with van der Waals surface area (Å²) in [4.78, 5) is 24.2. The lowest BCUT2D eigenvalue weighted by atomic mass is 10.1. The summed E-state index contributed by atoms with van der Waals surface area (Å²) >= 11 is 9.38. The molecule has 0 unspecified atom stereocenters. The van der Waals surface area contributed by atoms with E-state index in [0.29, 0.717) is 18.5 Å². The highest BCUT2D eigenvalue weighted by Gasteiger charge is 2.17. The van der Waals surface area contributed by atoms with Crippen molar-refractivity contribution >= 4 is 33.5 Å². The number of ether oxygens (including phenoxy) is 1. The number of benzene rings is 1. The zero-order valence-corrected chi connectivity index (χ0v) is 17.1. The Balaban J connectivity index is 2.11. The van der Waals surface area contributed by atoms with Gasteiger partial charge in [0.25, 0.3) is 5.56 Å². The second kappa shape index (κ2) is 7.75. The van der Waals surface area contributed by atoms with Gasteiger partial charge in [0, 0.05) is 16.7 Å². The van der Waals surface area contributed by atoms with E-state index >= 15 is 0 Å². The number of hydrogen-bond acceptors (Lipinski definition) is 3. The van der Waals surface area contributed by atoms with Crippen LogP contribution in [0.15, 0.2) is 39.6 Å². The van der Waals surface area contributed by atoms with Crippen molar-refractivity contribution in [1.82, 2.24) is 4.57 Å². The first-order valence-corrected chi connectivity index (χ1v) is 9.13. The van der Waals surface area contributed by atoms with Crippen LogP contribution in [-0.4, -0.2) is 16.1 Å². The maximum Gasteiger partial charge on any atom is 0.338 e. The fraction of sp³-hybridized carbons (Fsp3) is 0.368. The SMILES string of the molecule is Cc1c(Br)cc(Cl)c(=O)n1CCc1ccc(C(=O)OC(C)(C)C)cc1. The van der Waals surface area contributed by atoms with Crippen LogP contribution in [0.25, 0.3) is 0 Å².